The second kappa shape index (κ2) is 5.61. The SMILES string of the molecule is COc1cccc2cc(CNCc3cnn(C)c3C)oc12. The van der Waals surface area contributed by atoms with E-state index in [0.717, 1.165) is 29.0 Å². The lowest BCUT2D eigenvalue weighted by molar-refractivity contribution is 0.406. The van der Waals surface area contributed by atoms with Gasteiger partial charge in [-0.15, -0.1) is 0 Å². The van der Waals surface area contributed by atoms with Crippen molar-refractivity contribution in [2.24, 2.45) is 7.05 Å². The maximum atomic E-state index is 5.86. The zero-order valence-corrected chi connectivity index (χ0v) is 12.5. The zero-order chi connectivity index (χ0) is 14.8. The highest BCUT2D eigenvalue weighted by atomic mass is 16.5. The van der Waals surface area contributed by atoms with Crippen LogP contribution >= 0.6 is 0 Å². The summed E-state index contributed by atoms with van der Waals surface area (Å²) >= 11 is 0. The van der Waals surface area contributed by atoms with Gasteiger partial charge in [0.1, 0.15) is 5.76 Å². The van der Waals surface area contributed by atoms with Gasteiger partial charge in [0.05, 0.1) is 19.9 Å². The standard InChI is InChI=1S/C16H19N3O2/c1-11-13(9-18-19(11)2)8-17-10-14-7-12-5-4-6-15(20-3)16(12)21-14/h4-7,9,17H,8,10H2,1-3H3. The monoisotopic (exact) mass is 285 g/mol. The van der Waals surface area contributed by atoms with Gasteiger partial charge in [-0.3, -0.25) is 4.68 Å². The molecule has 0 amide bonds. The molecule has 2 heterocycles. The molecule has 0 saturated heterocycles. The molecule has 3 rings (SSSR count). The first kappa shape index (κ1) is 13.7. The summed E-state index contributed by atoms with van der Waals surface area (Å²) in [6, 6.07) is 7.94. The van der Waals surface area contributed by atoms with E-state index in [4.69, 9.17) is 9.15 Å². The van der Waals surface area contributed by atoms with Crippen LogP contribution in [0.2, 0.25) is 0 Å². The number of benzene rings is 1. The quantitative estimate of drug-likeness (QED) is 0.783. The van der Waals surface area contributed by atoms with Gasteiger partial charge in [-0.2, -0.15) is 5.10 Å². The van der Waals surface area contributed by atoms with Gasteiger partial charge < -0.3 is 14.5 Å². The lowest BCUT2D eigenvalue weighted by Gasteiger charge is -2.02. The van der Waals surface area contributed by atoms with Crippen molar-refractivity contribution in [1.29, 1.82) is 0 Å². The zero-order valence-electron chi connectivity index (χ0n) is 12.5. The van der Waals surface area contributed by atoms with Gasteiger partial charge in [-0.25, -0.2) is 0 Å². The van der Waals surface area contributed by atoms with Gasteiger partial charge in [-0.1, -0.05) is 12.1 Å². The third-order valence-corrected chi connectivity index (χ3v) is 3.73. The number of hydrogen-bond acceptors (Lipinski definition) is 4. The topological polar surface area (TPSA) is 52.2 Å². The molecular weight excluding hydrogens is 266 g/mol. The number of nitrogens with one attached hydrogen (secondary N) is 1. The second-order valence-electron chi connectivity index (χ2n) is 5.07. The van der Waals surface area contributed by atoms with Crippen LogP contribution in [-0.4, -0.2) is 16.9 Å². The van der Waals surface area contributed by atoms with Gasteiger partial charge in [0, 0.05) is 30.2 Å². The van der Waals surface area contributed by atoms with Crippen LogP contribution in [0.5, 0.6) is 5.75 Å². The van der Waals surface area contributed by atoms with E-state index in [1.807, 2.05) is 42.2 Å². The number of ether oxygens (including phenoxy) is 1. The van der Waals surface area contributed by atoms with E-state index in [0.29, 0.717) is 6.54 Å². The van der Waals surface area contributed by atoms with Crippen molar-refractivity contribution in [1.82, 2.24) is 15.1 Å². The maximum Gasteiger partial charge on any atom is 0.176 e. The highest BCUT2D eigenvalue weighted by Gasteiger charge is 2.09. The highest BCUT2D eigenvalue weighted by molar-refractivity contribution is 5.83. The number of aryl methyl sites for hydroxylation is 1. The molecule has 110 valence electrons. The Labute approximate surface area is 123 Å². The Kier molecular flexibility index (Phi) is 3.66. The summed E-state index contributed by atoms with van der Waals surface area (Å²) in [7, 11) is 3.60. The Morgan fingerprint density at radius 2 is 2.19 bits per heavy atom. The molecule has 0 fully saturated rings. The number of aromatic nitrogens is 2. The van der Waals surface area contributed by atoms with Crippen LogP contribution in [0.1, 0.15) is 17.0 Å². The summed E-state index contributed by atoms with van der Waals surface area (Å²) in [5.41, 5.74) is 3.18. The van der Waals surface area contributed by atoms with Gasteiger partial charge >= 0.3 is 0 Å². The lowest BCUT2D eigenvalue weighted by atomic mass is 10.2. The number of fused-ring (bicyclic) bond motifs is 1. The molecule has 0 saturated carbocycles. The van der Waals surface area contributed by atoms with Crippen molar-refractivity contribution < 1.29 is 9.15 Å². The Morgan fingerprint density at radius 1 is 1.33 bits per heavy atom. The summed E-state index contributed by atoms with van der Waals surface area (Å²) < 4.78 is 13.0. The normalized spacial score (nSPS) is 11.2. The van der Waals surface area contributed by atoms with Crippen LogP contribution in [0, 0.1) is 6.92 Å². The molecule has 0 aliphatic rings. The van der Waals surface area contributed by atoms with Gasteiger partial charge in [0.25, 0.3) is 0 Å². The van der Waals surface area contributed by atoms with Crippen molar-refractivity contribution in [2.75, 3.05) is 7.11 Å². The van der Waals surface area contributed by atoms with Crippen molar-refractivity contribution in [3.8, 4) is 5.75 Å². The number of furan rings is 1. The van der Waals surface area contributed by atoms with E-state index in [1.54, 1.807) is 7.11 Å². The van der Waals surface area contributed by atoms with Crippen molar-refractivity contribution in [3.05, 3.63) is 47.5 Å². The van der Waals surface area contributed by atoms with E-state index >= 15 is 0 Å². The molecule has 0 unspecified atom stereocenters. The molecule has 21 heavy (non-hydrogen) atoms. The highest BCUT2D eigenvalue weighted by Crippen LogP contribution is 2.28. The molecule has 1 aromatic carbocycles. The van der Waals surface area contributed by atoms with Crippen LogP contribution in [0.25, 0.3) is 11.0 Å². The summed E-state index contributed by atoms with van der Waals surface area (Å²) in [4.78, 5) is 0. The fourth-order valence-electron chi connectivity index (χ4n) is 2.38. The minimum Gasteiger partial charge on any atom is -0.493 e. The van der Waals surface area contributed by atoms with Crippen molar-refractivity contribution in [2.45, 2.75) is 20.0 Å². The smallest absolute Gasteiger partial charge is 0.176 e. The minimum absolute atomic E-state index is 0.673. The lowest BCUT2D eigenvalue weighted by Crippen LogP contribution is -2.12. The van der Waals surface area contributed by atoms with E-state index in [9.17, 15) is 0 Å². The number of rotatable bonds is 5. The minimum atomic E-state index is 0.673. The van der Waals surface area contributed by atoms with Crippen LogP contribution in [0.4, 0.5) is 0 Å². The molecule has 0 radical (unpaired) electrons. The van der Waals surface area contributed by atoms with E-state index in [2.05, 4.69) is 17.3 Å². The molecular formula is C16H19N3O2. The Bertz CT molecular complexity index is 758. The molecule has 1 N–H and O–H groups in total. The number of nitrogens with zero attached hydrogens (tertiary/aromatic N) is 2. The fourth-order valence-corrected chi connectivity index (χ4v) is 2.38. The molecule has 3 aromatic rings. The number of para-hydroxylation sites is 1. The molecule has 0 atom stereocenters. The summed E-state index contributed by atoms with van der Waals surface area (Å²) in [6.45, 7) is 3.51. The third kappa shape index (κ3) is 2.64. The van der Waals surface area contributed by atoms with Crippen molar-refractivity contribution >= 4 is 11.0 Å². The number of hydrogen-bond donors (Lipinski definition) is 1. The second-order valence-corrected chi connectivity index (χ2v) is 5.07. The fraction of sp³-hybridized carbons (Fsp3) is 0.312. The third-order valence-electron chi connectivity index (χ3n) is 3.73. The van der Waals surface area contributed by atoms with Gasteiger partial charge in [0.15, 0.2) is 11.3 Å². The summed E-state index contributed by atoms with van der Waals surface area (Å²) in [6.07, 6.45) is 1.89. The van der Waals surface area contributed by atoms with E-state index in [1.165, 1.54) is 11.3 Å². The molecule has 0 bridgehead atoms. The molecule has 0 aliphatic carbocycles. The van der Waals surface area contributed by atoms with Gasteiger partial charge in [0.2, 0.25) is 0 Å². The Hall–Kier alpha value is -2.27. The average Bonchev–Trinajstić information content (AvgIpc) is 3.04. The Balaban J connectivity index is 1.69. The summed E-state index contributed by atoms with van der Waals surface area (Å²) in [5, 5.41) is 8.68. The number of methoxy groups -OCH3 is 1. The molecule has 5 heteroatoms. The van der Waals surface area contributed by atoms with Gasteiger partial charge in [-0.05, 0) is 19.1 Å². The average molecular weight is 285 g/mol. The van der Waals surface area contributed by atoms with E-state index < -0.39 is 0 Å². The Morgan fingerprint density at radius 3 is 2.90 bits per heavy atom. The first-order chi connectivity index (χ1) is 10.2. The van der Waals surface area contributed by atoms with Crippen LogP contribution in [0.15, 0.2) is 34.9 Å². The predicted molar refractivity (Wildman–Crippen MR) is 81.3 cm³/mol. The summed E-state index contributed by atoms with van der Waals surface area (Å²) in [5.74, 6) is 1.66. The van der Waals surface area contributed by atoms with Crippen molar-refractivity contribution in [3.63, 3.8) is 0 Å². The molecule has 5 nitrogen and oxygen atoms in total. The van der Waals surface area contributed by atoms with Crippen LogP contribution in [-0.2, 0) is 20.1 Å². The predicted octanol–water partition coefficient (Wildman–Crippen LogP) is 2.77. The molecule has 0 spiro atoms. The van der Waals surface area contributed by atoms with Crippen LogP contribution < -0.4 is 10.1 Å². The maximum absolute atomic E-state index is 5.86. The van der Waals surface area contributed by atoms with Crippen LogP contribution in [0.3, 0.4) is 0 Å². The largest absolute Gasteiger partial charge is 0.493 e. The first-order valence-electron chi connectivity index (χ1n) is 6.92. The molecule has 2 aromatic heterocycles. The van der Waals surface area contributed by atoms with E-state index in [-0.39, 0.29) is 0 Å². The first-order valence-corrected chi connectivity index (χ1v) is 6.92. The molecule has 0 aliphatic heterocycles.